The standard InChI is InChI=1S/C18H19ClFN/c1-13(2)17-5-3-4-6-18(17)21-12-15-7-8-16(20)11-14(15)9-10-19/h3-11,13,21H,12H2,1-2H3/b10-9-. The molecular formula is C18H19ClFN. The first-order valence-corrected chi connectivity index (χ1v) is 7.43. The highest BCUT2D eigenvalue weighted by Gasteiger charge is 2.07. The number of hydrogen-bond acceptors (Lipinski definition) is 1. The summed E-state index contributed by atoms with van der Waals surface area (Å²) in [6.07, 6.45) is 1.70. The Kier molecular flexibility index (Phi) is 5.40. The lowest BCUT2D eigenvalue weighted by molar-refractivity contribution is 0.626. The number of halogens is 2. The highest BCUT2D eigenvalue weighted by atomic mass is 35.5. The SMILES string of the molecule is CC(C)c1ccccc1NCc1ccc(F)cc1/C=C\Cl. The quantitative estimate of drug-likeness (QED) is 0.739. The Balaban J connectivity index is 2.21. The molecule has 0 heterocycles. The molecule has 3 heteroatoms. The van der Waals surface area contributed by atoms with Crippen LogP contribution in [0.15, 0.2) is 48.0 Å². The van der Waals surface area contributed by atoms with Gasteiger partial charge in [0.25, 0.3) is 0 Å². The number of rotatable bonds is 5. The van der Waals surface area contributed by atoms with Gasteiger partial charge in [-0.25, -0.2) is 4.39 Å². The molecular weight excluding hydrogens is 285 g/mol. The molecule has 0 radical (unpaired) electrons. The monoisotopic (exact) mass is 303 g/mol. The molecule has 0 unspecified atom stereocenters. The van der Waals surface area contributed by atoms with Crippen LogP contribution in [0.1, 0.15) is 36.5 Å². The van der Waals surface area contributed by atoms with Gasteiger partial charge in [0.05, 0.1) is 0 Å². The van der Waals surface area contributed by atoms with Crippen molar-refractivity contribution in [2.45, 2.75) is 26.3 Å². The Bertz CT molecular complexity index is 635. The zero-order valence-corrected chi connectivity index (χ0v) is 13.0. The fraction of sp³-hybridized carbons (Fsp3) is 0.222. The van der Waals surface area contributed by atoms with Crippen molar-refractivity contribution in [1.82, 2.24) is 0 Å². The van der Waals surface area contributed by atoms with Crippen LogP contribution in [0, 0.1) is 5.82 Å². The predicted molar refractivity (Wildman–Crippen MR) is 89.1 cm³/mol. The van der Waals surface area contributed by atoms with E-state index in [1.54, 1.807) is 12.1 Å². The summed E-state index contributed by atoms with van der Waals surface area (Å²) in [5.74, 6) is 0.190. The minimum absolute atomic E-state index is 0.258. The zero-order valence-electron chi connectivity index (χ0n) is 12.2. The van der Waals surface area contributed by atoms with Crippen LogP contribution in [0.4, 0.5) is 10.1 Å². The van der Waals surface area contributed by atoms with Gasteiger partial charge in [0.2, 0.25) is 0 Å². The fourth-order valence-electron chi connectivity index (χ4n) is 2.30. The molecule has 0 aliphatic carbocycles. The van der Waals surface area contributed by atoms with E-state index >= 15 is 0 Å². The van der Waals surface area contributed by atoms with Gasteiger partial charge in [-0.05, 0) is 46.9 Å². The molecule has 0 fully saturated rings. The Hall–Kier alpha value is -1.80. The molecule has 2 aromatic carbocycles. The summed E-state index contributed by atoms with van der Waals surface area (Å²) in [5, 5.41) is 3.43. The molecule has 0 spiro atoms. The van der Waals surface area contributed by atoms with Crippen LogP contribution in [-0.2, 0) is 6.54 Å². The summed E-state index contributed by atoms with van der Waals surface area (Å²) in [7, 11) is 0. The Morgan fingerprint density at radius 2 is 1.95 bits per heavy atom. The second-order valence-corrected chi connectivity index (χ2v) is 5.48. The van der Waals surface area contributed by atoms with Gasteiger partial charge in [-0.2, -0.15) is 0 Å². The summed E-state index contributed by atoms with van der Waals surface area (Å²) in [6.45, 7) is 4.96. The smallest absolute Gasteiger partial charge is 0.123 e. The molecule has 0 aromatic heterocycles. The molecule has 21 heavy (non-hydrogen) atoms. The fourth-order valence-corrected chi connectivity index (χ4v) is 2.44. The van der Waals surface area contributed by atoms with Crippen LogP contribution in [0.25, 0.3) is 6.08 Å². The van der Waals surface area contributed by atoms with E-state index in [1.165, 1.54) is 23.2 Å². The summed E-state index contributed by atoms with van der Waals surface area (Å²) < 4.78 is 13.3. The largest absolute Gasteiger partial charge is 0.381 e. The Morgan fingerprint density at radius 3 is 2.67 bits per heavy atom. The third-order valence-corrected chi connectivity index (χ3v) is 3.53. The first-order valence-electron chi connectivity index (χ1n) is 7.00. The molecule has 2 rings (SSSR count). The van der Waals surface area contributed by atoms with E-state index in [0.717, 1.165) is 16.8 Å². The van der Waals surface area contributed by atoms with Gasteiger partial charge < -0.3 is 5.32 Å². The van der Waals surface area contributed by atoms with Crippen molar-refractivity contribution in [1.29, 1.82) is 0 Å². The third-order valence-electron chi connectivity index (χ3n) is 3.40. The number of anilines is 1. The van der Waals surface area contributed by atoms with Crippen molar-refractivity contribution in [2.75, 3.05) is 5.32 Å². The van der Waals surface area contributed by atoms with Crippen molar-refractivity contribution in [2.24, 2.45) is 0 Å². The van der Waals surface area contributed by atoms with Gasteiger partial charge >= 0.3 is 0 Å². The minimum atomic E-state index is -0.258. The second-order valence-electron chi connectivity index (χ2n) is 5.23. The van der Waals surface area contributed by atoms with Gasteiger partial charge in [0, 0.05) is 17.8 Å². The Morgan fingerprint density at radius 1 is 1.19 bits per heavy atom. The van der Waals surface area contributed by atoms with E-state index in [2.05, 4.69) is 31.3 Å². The van der Waals surface area contributed by atoms with E-state index in [4.69, 9.17) is 11.6 Å². The molecule has 1 nitrogen and oxygen atoms in total. The number of hydrogen-bond donors (Lipinski definition) is 1. The summed E-state index contributed by atoms with van der Waals surface area (Å²) >= 11 is 5.62. The maximum atomic E-state index is 13.3. The molecule has 0 aliphatic heterocycles. The molecule has 110 valence electrons. The second kappa shape index (κ2) is 7.28. The third kappa shape index (κ3) is 4.08. The van der Waals surface area contributed by atoms with Crippen LogP contribution < -0.4 is 5.32 Å². The molecule has 0 saturated carbocycles. The maximum absolute atomic E-state index is 13.3. The highest BCUT2D eigenvalue weighted by Crippen LogP contribution is 2.25. The normalized spacial score (nSPS) is 11.3. The van der Waals surface area contributed by atoms with Crippen molar-refractivity contribution < 1.29 is 4.39 Å². The van der Waals surface area contributed by atoms with E-state index in [-0.39, 0.29) is 5.82 Å². The maximum Gasteiger partial charge on any atom is 0.123 e. The molecule has 0 amide bonds. The topological polar surface area (TPSA) is 12.0 Å². The summed E-state index contributed by atoms with van der Waals surface area (Å²) in [5.41, 5.74) is 5.58. The first kappa shape index (κ1) is 15.6. The minimum Gasteiger partial charge on any atom is -0.381 e. The van der Waals surface area contributed by atoms with Gasteiger partial charge in [-0.15, -0.1) is 0 Å². The van der Waals surface area contributed by atoms with Crippen LogP contribution in [0.5, 0.6) is 0 Å². The van der Waals surface area contributed by atoms with Gasteiger partial charge in [0.15, 0.2) is 0 Å². The highest BCUT2D eigenvalue weighted by molar-refractivity contribution is 6.27. The molecule has 0 saturated heterocycles. The number of para-hydroxylation sites is 1. The molecule has 2 aromatic rings. The lowest BCUT2D eigenvalue weighted by Gasteiger charge is -2.15. The Labute approximate surface area is 130 Å². The van der Waals surface area contributed by atoms with Gasteiger partial charge in [-0.1, -0.05) is 49.7 Å². The summed E-state index contributed by atoms with van der Waals surface area (Å²) in [6, 6.07) is 13.0. The van der Waals surface area contributed by atoms with Crippen molar-refractivity contribution >= 4 is 23.4 Å². The molecule has 0 atom stereocenters. The van der Waals surface area contributed by atoms with E-state index in [9.17, 15) is 4.39 Å². The van der Waals surface area contributed by atoms with Crippen LogP contribution >= 0.6 is 11.6 Å². The van der Waals surface area contributed by atoms with Crippen LogP contribution in [0.2, 0.25) is 0 Å². The van der Waals surface area contributed by atoms with Gasteiger partial charge in [-0.3, -0.25) is 0 Å². The van der Waals surface area contributed by atoms with Crippen LogP contribution in [0.3, 0.4) is 0 Å². The number of nitrogens with one attached hydrogen (secondary N) is 1. The van der Waals surface area contributed by atoms with Crippen molar-refractivity contribution in [3.63, 3.8) is 0 Å². The van der Waals surface area contributed by atoms with E-state index in [1.807, 2.05) is 12.1 Å². The predicted octanol–water partition coefficient (Wildman–Crippen LogP) is 5.77. The van der Waals surface area contributed by atoms with Gasteiger partial charge in [0.1, 0.15) is 5.82 Å². The molecule has 0 bridgehead atoms. The molecule has 0 aliphatic rings. The van der Waals surface area contributed by atoms with E-state index < -0.39 is 0 Å². The van der Waals surface area contributed by atoms with E-state index in [0.29, 0.717) is 12.5 Å². The average molecular weight is 304 g/mol. The average Bonchev–Trinajstić information content (AvgIpc) is 2.47. The summed E-state index contributed by atoms with van der Waals surface area (Å²) in [4.78, 5) is 0. The zero-order chi connectivity index (χ0) is 15.2. The van der Waals surface area contributed by atoms with Crippen molar-refractivity contribution in [3.8, 4) is 0 Å². The lowest BCUT2D eigenvalue weighted by Crippen LogP contribution is -2.04. The molecule has 1 N–H and O–H groups in total. The van der Waals surface area contributed by atoms with Crippen molar-refractivity contribution in [3.05, 3.63) is 70.5 Å². The lowest BCUT2D eigenvalue weighted by atomic mass is 10.0. The van der Waals surface area contributed by atoms with Crippen LogP contribution in [-0.4, -0.2) is 0 Å². The first-order chi connectivity index (χ1) is 10.1. The number of benzene rings is 2.